The Morgan fingerprint density at radius 2 is 0.971 bits per heavy atom. The number of hydrogen-bond donors (Lipinski definition) is 14. The molecule has 3 aromatic rings. The summed E-state index contributed by atoms with van der Waals surface area (Å²) in [5.74, 6) is -4.31. The maximum Gasteiger partial charge on any atom is 0.293 e. The van der Waals surface area contributed by atoms with Crippen LogP contribution in [0.1, 0.15) is 193 Å². The number of carbonyl (C=O) groups excluding carboxylic acids is 7. The number of phenolic OH excluding ortho intramolecular Hbond substituents is 1. The fraction of sp³-hybridized carbons (Fsp3) is 0.616. The third kappa shape index (κ3) is 33.7. The molecule has 0 saturated carbocycles. The number of aliphatic hydroxyl groups excluding tert-OH is 1. The van der Waals surface area contributed by atoms with Gasteiger partial charge in [0.05, 0.1) is 43.9 Å². The van der Waals surface area contributed by atoms with E-state index in [1.165, 1.54) is 12.1 Å². The van der Waals surface area contributed by atoms with Gasteiger partial charge in [0.1, 0.15) is 45.4 Å². The average molecular weight is 1440 g/mol. The first kappa shape index (κ1) is 88.1. The molecule has 2 unspecified atom stereocenters. The Kier molecular flexibility index (Phi) is 41.6. The van der Waals surface area contributed by atoms with Crippen LogP contribution in [0.5, 0.6) is 17.2 Å². The summed E-state index contributed by atoms with van der Waals surface area (Å²) in [6.07, 6.45) is 10.8. The highest BCUT2D eigenvalue weighted by Crippen LogP contribution is 2.40. The monoisotopic (exact) mass is 1440 g/mol. The number of carbonyl (C=O) groups is 7. The summed E-state index contributed by atoms with van der Waals surface area (Å²) >= 11 is 0. The Bertz CT molecular complexity index is 3470. The Hall–Kier alpha value is -9.16. The van der Waals surface area contributed by atoms with Crippen LogP contribution in [0.25, 0.3) is 21.9 Å². The molecule has 0 saturated heterocycles. The number of nitrogens with zero attached hydrogens (tertiary/aromatic N) is 4. The standard InChI is InChI=1S/C73H118N16O14/c1-45(2)24-26-53-55(42-90)61(102-35-15-21-52(93)39-50(19-13-33-87-73(82)83)69(99)89-57(23-7-9-29-75)59(95)37-48(43-100-44-91)17-11-31-85-71(78)79)41-62-64(53)67(97)65-63(103-62)40-60(54(66(65)96)27-25-46(3)4)101-34-14-20-51(92)38-49(18-12-32-86-72(80)81)68(98)88-56(22-6-8-28-74)58(94)36-47(5)16-10-30-84-70(76)77/h24-25,40-41,44,47-50,56-57,90,96H,6-23,26-39,42-43,74-75H2,1-5H3,(H,88,98)(H,89,99)(H4,76,77,84)(H4,78,79,85)(H4,80,81,86)(H4,82,83,87)/t47?,48?,49-,50-,56+,57+/m0/s1. The van der Waals surface area contributed by atoms with Crippen LogP contribution in [0.2, 0.25) is 0 Å². The van der Waals surface area contributed by atoms with E-state index in [4.69, 9.17) is 76.0 Å². The molecule has 574 valence electrons. The number of Topliss-reactive ketones (excluding diaryl/α,β-unsaturated/α-hetero) is 4. The zero-order valence-electron chi connectivity index (χ0n) is 61.2. The zero-order valence-corrected chi connectivity index (χ0v) is 61.2. The van der Waals surface area contributed by atoms with Crippen molar-refractivity contribution in [1.29, 1.82) is 0 Å². The van der Waals surface area contributed by atoms with Gasteiger partial charge in [-0.1, -0.05) is 30.2 Å². The summed E-state index contributed by atoms with van der Waals surface area (Å²) in [6.45, 7) is 11.0. The summed E-state index contributed by atoms with van der Waals surface area (Å²) < 4.78 is 24.3. The van der Waals surface area contributed by atoms with Crippen LogP contribution in [0, 0.1) is 23.7 Å². The Labute approximate surface area is 604 Å². The van der Waals surface area contributed by atoms with Gasteiger partial charge in [-0.15, -0.1) is 0 Å². The van der Waals surface area contributed by atoms with Crippen LogP contribution in [-0.2, 0) is 57.7 Å². The van der Waals surface area contributed by atoms with Gasteiger partial charge in [0.15, 0.2) is 35.4 Å². The maximum absolute atomic E-state index is 15.0. The second-order valence-corrected chi connectivity index (χ2v) is 26.9. The maximum atomic E-state index is 15.0. The van der Waals surface area contributed by atoms with Gasteiger partial charge in [-0.2, -0.15) is 0 Å². The van der Waals surface area contributed by atoms with Crippen molar-refractivity contribution in [3.63, 3.8) is 0 Å². The van der Waals surface area contributed by atoms with Crippen molar-refractivity contribution in [2.75, 3.05) is 59.1 Å². The molecule has 30 nitrogen and oxygen atoms in total. The molecule has 6 atom stereocenters. The minimum absolute atomic E-state index is 0.00417. The number of nitrogens with two attached hydrogens (primary N) is 10. The minimum Gasteiger partial charge on any atom is -0.507 e. The number of allylic oxidation sites excluding steroid dienone is 4. The van der Waals surface area contributed by atoms with Crippen LogP contribution < -0.4 is 82.9 Å². The second kappa shape index (κ2) is 48.7. The molecule has 24 N–H and O–H groups in total. The molecule has 30 heteroatoms. The molecule has 3 rings (SSSR count). The highest BCUT2D eigenvalue weighted by atomic mass is 16.5. The smallest absolute Gasteiger partial charge is 0.293 e. The predicted octanol–water partition coefficient (Wildman–Crippen LogP) is 4.42. The molecule has 2 amide bonds. The molecule has 1 heterocycles. The van der Waals surface area contributed by atoms with E-state index in [1.807, 2.05) is 46.8 Å². The summed E-state index contributed by atoms with van der Waals surface area (Å²) in [7, 11) is 0. The molecular weight excluding hydrogens is 1320 g/mol. The second-order valence-electron chi connectivity index (χ2n) is 26.9. The number of guanidine groups is 4. The average Bonchev–Trinajstić information content (AvgIpc) is 0.736. The molecule has 0 bridgehead atoms. The third-order valence-corrected chi connectivity index (χ3v) is 17.4. The summed E-state index contributed by atoms with van der Waals surface area (Å²) in [5.41, 5.74) is 58.1. The van der Waals surface area contributed by atoms with E-state index in [0.717, 1.165) is 11.1 Å². The number of fused-ring (bicyclic) bond motifs is 2. The number of hydrogen-bond acceptors (Lipinski definition) is 20. The summed E-state index contributed by atoms with van der Waals surface area (Å²) in [5, 5.41) is 29.1. The molecule has 1 aromatic heterocycles. The molecule has 0 aliphatic rings. The lowest BCUT2D eigenvalue weighted by atomic mass is 9.91. The fourth-order valence-electron chi connectivity index (χ4n) is 12.0. The van der Waals surface area contributed by atoms with Gasteiger partial charge < -0.3 is 96.8 Å². The number of amides is 2. The van der Waals surface area contributed by atoms with Crippen molar-refractivity contribution >= 4 is 87.2 Å². The molecule has 0 fully saturated rings. The number of nitrogens with one attached hydrogen (secondary N) is 2. The van der Waals surface area contributed by atoms with Crippen molar-refractivity contribution in [3.8, 4) is 17.2 Å². The van der Waals surface area contributed by atoms with Crippen LogP contribution >= 0.6 is 0 Å². The first-order valence-corrected chi connectivity index (χ1v) is 35.9. The van der Waals surface area contributed by atoms with E-state index in [0.29, 0.717) is 109 Å². The quantitative estimate of drug-likeness (QED) is 0.00929. The number of aliphatic imine (C=N–C) groups is 4. The molecular formula is C73H118N16O14. The van der Waals surface area contributed by atoms with Crippen LogP contribution in [0.15, 0.2) is 64.6 Å². The lowest BCUT2D eigenvalue weighted by Crippen LogP contribution is -2.45. The zero-order chi connectivity index (χ0) is 76.4. The fourth-order valence-corrected chi connectivity index (χ4v) is 12.0. The highest BCUT2D eigenvalue weighted by molar-refractivity contribution is 5.98. The van der Waals surface area contributed by atoms with Crippen molar-refractivity contribution < 1.29 is 62.4 Å². The SMILES string of the molecule is CC(C)=CCc1c(OCCCC(=O)C[C@H](CCCN=C(N)N)C(=O)N[C@H](CCCCN)C(=O)CC(C)CCCN=C(N)N)cc2oc3cc(OCCCC(=O)C[C@H](CCCN=C(N)N)C(=O)N[C@H](CCCCN)C(=O)CC(CCCN=C(N)N)COC=O)c(CO)c(CC=C(C)C)c3c(=O)c2c1O. The van der Waals surface area contributed by atoms with Crippen LogP contribution in [-0.4, -0.2) is 147 Å². The van der Waals surface area contributed by atoms with Crippen LogP contribution in [0.3, 0.4) is 0 Å². The van der Waals surface area contributed by atoms with E-state index in [-0.39, 0.29) is 226 Å². The first-order valence-electron chi connectivity index (χ1n) is 35.9. The first-order chi connectivity index (χ1) is 49.1. The number of phenols is 1. The number of rotatable bonds is 56. The predicted molar refractivity (Wildman–Crippen MR) is 403 cm³/mol. The van der Waals surface area contributed by atoms with Gasteiger partial charge in [-0.05, 0) is 168 Å². The topological polar surface area (TPSA) is 552 Å². The van der Waals surface area contributed by atoms with Gasteiger partial charge in [-0.25, -0.2) is 0 Å². The van der Waals surface area contributed by atoms with E-state index in [9.17, 15) is 43.8 Å². The van der Waals surface area contributed by atoms with E-state index in [2.05, 4.69) is 30.6 Å². The molecule has 0 spiro atoms. The normalized spacial score (nSPS) is 12.9. The van der Waals surface area contributed by atoms with Gasteiger partial charge in [-0.3, -0.25) is 58.3 Å². The van der Waals surface area contributed by atoms with E-state index in [1.54, 1.807) is 0 Å². The van der Waals surface area contributed by atoms with Gasteiger partial charge in [0, 0.05) is 106 Å². The highest BCUT2D eigenvalue weighted by Gasteiger charge is 2.31. The molecule has 2 aromatic carbocycles. The van der Waals surface area contributed by atoms with Crippen molar-refractivity contribution in [3.05, 3.63) is 62.3 Å². The lowest BCUT2D eigenvalue weighted by Gasteiger charge is -2.24. The Morgan fingerprint density at radius 1 is 0.544 bits per heavy atom. The molecule has 0 aliphatic heterocycles. The lowest BCUT2D eigenvalue weighted by molar-refractivity contribution is -0.134. The van der Waals surface area contributed by atoms with Crippen molar-refractivity contribution in [2.24, 2.45) is 101 Å². The van der Waals surface area contributed by atoms with Crippen molar-refractivity contribution in [2.45, 2.75) is 207 Å². The third-order valence-electron chi connectivity index (χ3n) is 17.4. The number of ether oxygens (including phenoxy) is 3. The number of unbranched alkanes of at least 4 members (excludes halogenated alkanes) is 2. The molecule has 0 aliphatic carbocycles. The number of aliphatic hydroxyl groups is 1. The summed E-state index contributed by atoms with van der Waals surface area (Å²) in [6, 6.07) is 1.28. The van der Waals surface area contributed by atoms with Gasteiger partial charge >= 0.3 is 0 Å². The largest absolute Gasteiger partial charge is 0.507 e. The minimum atomic E-state index is -0.930. The Morgan fingerprint density at radius 3 is 1.41 bits per heavy atom. The summed E-state index contributed by atoms with van der Waals surface area (Å²) in [4.78, 5) is 126. The number of benzene rings is 2. The van der Waals surface area contributed by atoms with Gasteiger partial charge in [0.25, 0.3) is 6.47 Å². The van der Waals surface area contributed by atoms with Crippen LogP contribution in [0.4, 0.5) is 0 Å². The Balaban J connectivity index is 1.95. The van der Waals surface area contributed by atoms with E-state index >= 15 is 4.79 Å². The molecule has 0 radical (unpaired) electrons. The van der Waals surface area contributed by atoms with E-state index < -0.39 is 47.8 Å². The van der Waals surface area contributed by atoms with Gasteiger partial charge in [0.2, 0.25) is 17.2 Å². The number of aromatic hydroxyl groups is 1. The number of ketones is 4. The molecule has 103 heavy (non-hydrogen) atoms. The van der Waals surface area contributed by atoms with Crippen molar-refractivity contribution in [1.82, 2.24) is 10.6 Å².